The first-order chi connectivity index (χ1) is 5.66. The molecule has 0 aliphatic carbocycles. The molecule has 0 aliphatic heterocycles. The minimum atomic E-state index is -0.676. The van der Waals surface area contributed by atoms with E-state index in [-0.39, 0.29) is 5.82 Å². The van der Waals surface area contributed by atoms with E-state index in [1.807, 2.05) is 6.92 Å². The minimum Gasteiger partial charge on any atom is -0.388 e. The van der Waals surface area contributed by atoms with Crippen molar-refractivity contribution < 1.29 is 9.50 Å². The predicted octanol–water partition coefficient (Wildman–Crippen LogP) is 2.58. The number of aliphatic hydroxyl groups excluding tert-OH is 1. The van der Waals surface area contributed by atoms with Crippen molar-refractivity contribution in [3.05, 3.63) is 35.1 Å². The Morgan fingerprint density at radius 2 is 2.17 bits per heavy atom. The summed E-state index contributed by atoms with van der Waals surface area (Å²) < 4.78 is 13.3. The molecule has 0 aliphatic rings. The molecule has 0 radical (unpaired) electrons. The molecule has 1 aromatic carbocycles. The highest BCUT2D eigenvalue weighted by molar-refractivity contribution is 5.26. The molecule has 0 saturated carbocycles. The summed E-state index contributed by atoms with van der Waals surface area (Å²) in [5, 5.41) is 9.39. The fourth-order valence-electron chi connectivity index (χ4n) is 1.15. The molecule has 1 N–H and O–H groups in total. The largest absolute Gasteiger partial charge is 0.388 e. The molecule has 0 bridgehead atoms. The van der Waals surface area contributed by atoms with Crippen molar-refractivity contribution >= 4 is 0 Å². The average molecular weight is 168 g/mol. The molecule has 0 heterocycles. The molecule has 0 amide bonds. The zero-order valence-electron chi connectivity index (χ0n) is 7.34. The van der Waals surface area contributed by atoms with E-state index >= 15 is 0 Å². The van der Waals surface area contributed by atoms with Crippen LogP contribution in [0.1, 0.15) is 30.6 Å². The van der Waals surface area contributed by atoms with E-state index in [1.54, 1.807) is 25.1 Å². The van der Waals surface area contributed by atoms with Crippen LogP contribution in [0, 0.1) is 12.7 Å². The van der Waals surface area contributed by atoms with Crippen LogP contribution in [0.5, 0.6) is 0 Å². The van der Waals surface area contributed by atoms with Crippen molar-refractivity contribution in [2.75, 3.05) is 0 Å². The van der Waals surface area contributed by atoms with E-state index < -0.39 is 6.10 Å². The molecule has 1 unspecified atom stereocenters. The van der Waals surface area contributed by atoms with Gasteiger partial charge in [-0.05, 0) is 18.9 Å². The highest BCUT2D eigenvalue weighted by atomic mass is 19.1. The topological polar surface area (TPSA) is 20.2 Å². The summed E-state index contributed by atoms with van der Waals surface area (Å²) in [7, 11) is 0. The lowest BCUT2D eigenvalue weighted by molar-refractivity contribution is 0.169. The SMILES string of the molecule is CCC(O)c1cccc(C)c1F. The standard InChI is InChI=1S/C10H13FO/c1-3-9(12)8-6-4-5-7(2)10(8)11/h4-6,9,12H,3H2,1-2H3. The van der Waals surface area contributed by atoms with Crippen molar-refractivity contribution in [2.24, 2.45) is 0 Å². The van der Waals surface area contributed by atoms with Crippen molar-refractivity contribution in [1.29, 1.82) is 0 Å². The van der Waals surface area contributed by atoms with Crippen LogP contribution in [0.4, 0.5) is 4.39 Å². The van der Waals surface area contributed by atoms with Crippen LogP contribution in [0.3, 0.4) is 0 Å². The van der Waals surface area contributed by atoms with Crippen molar-refractivity contribution in [2.45, 2.75) is 26.4 Å². The summed E-state index contributed by atoms with van der Waals surface area (Å²) in [5.41, 5.74) is 0.984. The fourth-order valence-corrected chi connectivity index (χ4v) is 1.15. The summed E-state index contributed by atoms with van der Waals surface area (Å²) >= 11 is 0. The molecule has 0 aromatic heterocycles. The average Bonchev–Trinajstić information content (AvgIpc) is 2.08. The predicted molar refractivity (Wildman–Crippen MR) is 46.4 cm³/mol. The quantitative estimate of drug-likeness (QED) is 0.719. The third kappa shape index (κ3) is 1.64. The highest BCUT2D eigenvalue weighted by Gasteiger charge is 2.11. The zero-order valence-corrected chi connectivity index (χ0v) is 7.34. The van der Waals surface area contributed by atoms with Gasteiger partial charge >= 0.3 is 0 Å². The summed E-state index contributed by atoms with van der Waals surface area (Å²) in [6, 6.07) is 5.07. The summed E-state index contributed by atoms with van der Waals surface area (Å²) in [4.78, 5) is 0. The van der Waals surface area contributed by atoms with Gasteiger partial charge in [0.05, 0.1) is 6.10 Å². The second-order valence-corrected chi connectivity index (χ2v) is 2.90. The van der Waals surface area contributed by atoms with Crippen molar-refractivity contribution in [3.8, 4) is 0 Å². The van der Waals surface area contributed by atoms with Gasteiger partial charge in [-0.3, -0.25) is 0 Å². The maximum absolute atomic E-state index is 13.3. The smallest absolute Gasteiger partial charge is 0.131 e. The van der Waals surface area contributed by atoms with E-state index in [0.29, 0.717) is 17.5 Å². The molecule has 2 heteroatoms. The first kappa shape index (κ1) is 9.20. The molecular weight excluding hydrogens is 155 g/mol. The number of rotatable bonds is 2. The van der Waals surface area contributed by atoms with Gasteiger partial charge in [-0.2, -0.15) is 0 Å². The van der Waals surface area contributed by atoms with E-state index in [0.717, 1.165) is 0 Å². The molecule has 12 heavy (non-hydrogen) atoms. The van der Waals surface area contributed by atoms with E-state index in [4.69, 9.17) is 0 Å². The van der Waals surface area contributed by atoms with Gasteiger partial charge in [0.25, 0.3) is 0 Å². The Bertz CT molecular complexity index is 271. The minimum absolute atomic E-state index is 0.285. The highest BCUT2D eigenvalue weighted by Crippen LogP contribution is 2.21. The maximum Gasteiger partial charge on any atom is 0.131 e. The number of aryl methyl sites for hydroxylation is 1. The third-order valence-corrected chi connectivity index (χ3v) is 1.97. The van der Waals surface area contributed by atoms with Crippen LogP contribution in [0.25, 0.3) is 0 Å². The molecule has 1 nitrogen and oxygen atoms in total. The van der Waals surface area contributed by atoms with Crippen molar-refractivity contribution in [3.63, 3.8) is 0 Å². The summed E-state index contributed by atoms with van der Waals surface area (Å²) in [5.74, 6) is -0.285. The Labute approximate surface area is 71.9 Å². The Hall–Kier alpha value is -0.890. The number of benzene rings is 1. The van der Waals surface area contributed by atoms with Crippen LogP contribution >= 0.6 is 0 Å². The summed E-state index contributed by atoms with van der Waals surface area (Å²) in [6.45, 7) is 3.52. The van der Waals surface area contributed by atoms with Gasteiger partial charge in [0.15, 0.2) is 0 Å². The Morgan fingerprint density at radius 3 is 2.75 bits per heavy atom. The number of hydrogen-bond acceptors (Lipinski definition) is 1. The molecular formula is C10H13FO. The van der Waals surface area contributed by atoms with Gasteiger partial charge < -0.3 is 5.11 Å². The molecule has 0 spiro atoms. The number of hydrogen-bond donors (Lipinski definition) is 1. The van der Waals surface area contributed by atoms with Gasteiger partial charge in [0.2, 0.25) is 0 Å². The first-order valence-electron chi connectivity index (χ1n) is 4.10. The first-order valence-corrected chi connectivity index (χ1v) is 4.10. The lowest BCUT2D eigenvalue weighted by Crippen LogP contribution is -2.00. The second kappa shape index (κ2) is 3.68. The van der Waals surface area contributed by atoms with E-state index in [2.05, 4.69) is 0 Å². The fraction of sp³-hybridized carbons (Fsp3) is 0.400. The summed E-state index contributed by atoms with van der Waals surface area (Å²) in [6.07, 6.45) is -0.134. The molecule has 66 valence electrons. The molecule has 1 aromatic rings. The number of aliphatic hydroxyl groups is 1. The zero-order chi connectivity index (χ0) is 9.14. The van der Waals surface area contributed by atoms with Gasteiger partial charge in [-0.1, -0.05) is 25.1 Å². The monoisotopic (exact) mass is 168 g/mol. The molecule has 1 rings (SSSR count). The third-order valence-electron chi connectivity index (χ3n) is 1.97. The second-order valence-electron chi connectivity index (χ2n) is 2.90. The Balaban J connectivity index is 3.07. The van der Waals surface area contributed by atoms with Gasteiger partial charge in [-0.15, -0.1) is 0 Å². The van der Waals surface area contributed by atoms with Crippen LogP contribution in [0.2, 0.25) is 0 Å². The molecule has 0 fully saturated rings. The normalized spacial score (nSPS) is 13.0. The Kier molecular flexibility index (Phi) is 2.82. The van der Waals surface area contributed by atoms with Crippen molar-refractivity contribution in [1.82, 2.24) is 0 Å². The van der Waals surface area contributed by atoms with Crippen LogP contribution < -0.4 is 0 Å². The van der Waals surface area contributed by atoms with Crippen LogP contribution in [0.15, 0.2) is 18.2 Å². The maximum atomic E-state index is 13.3. The van der Waals surface area contributed by atoms with E-state index in [1.165, 1.54) is 0 Å². The lowest BCUT2D eigenvalue weighted by atomic mass is 10.0. The lowest BCUT2D eigenvalue weighted by Gasteiger charge is -2.10. The molecule has 1 atom stereocenters. The van der Waals surface area contributed by atoms with Crippen LogP contribution in [-0.4, -0.2) is 5.11 Å². The molecule has 0 saturated heterocycles. The van der Waals surface area contributed by atoms with Gasteiger partial charge in [0, 0.05) is 5.56 Å². The van der Waals surface area contributed by atoms with Crippen LogP contribution in [-0.2, 0) is 0 Å². The van der Waals surface area contributed by atoms with E-state index in [9.17, 15) is 9.50 Å². The van der Waals surface area contributed by atoms with Gasteiger partial charge in [-0.25, -0.2) is 4.39 Å². The number of halogens is 1. The van der Waals surface area contributed by atoms with Gasteiger partial charge in [0.1, 0.15) is 5.82 Å². The Morgan fingerprint density at radius 1 is 1.50 bits per heavy atom.